The van der Waals surface area contributed by atoms with Crippen molar-refractivity contribution in [3.05, 3.63) is 0 Å². The Labute approximate surface area is 108 Å². The molecule has 1 fully saturated rings. The Morgan fingerprint density at radius 3 is 2.65 bits per heavy atom. The van der Waals surface area contributed by atoms with Gasteiger partial charge in [0.05, 0.1) is 0 Å². The molecule has 1 N–H and O–H groups in total. The van der Waals surface area contributed by atoms with Crippen LogP contribution in [0.5, 0.6) is 0 Å². The van der Waals surface area contributed by atoms with Crippen LogP contribution >= 0.6 is 0 Å². The fourth-order valence-corrected chi connectivity index (χ4v) is 2.54. The van der Waals surface area contributed by atoms with Gasteiger partial charge in [-0.1, -0.05) is 0 Å². The van der Waals surface area contributed by atoms with Crippen LogP contribution in [0.4, 0.5) is 0 Å². The molecule has 1 rings (SSSR count). The first-order valence-electron chi connectivity index (χ1n) is 7.21. The fraction of sp³-hybridized carbons (Fsp3) is 1.00. The summed E-state index contributed by atoms with van der Waals surface area (Å²) in [4.78, 5) is 4.87. The third-order valence-corrected chi connectivity index (χ3v) is 3.71. The first-order chi connectivity index (χ1) is 8.09. The highest BCUT2D eigenvalue weighted by molar-refractivity contribution is 4.76. The van der Waals surface area contributed by atoms with E-state index in [0.29, 0.717) is 6.04 Å². The van der Waals surface area contributed by atoms with Crippen molar-refractivity contribution in [3.63, 3.8) is 0 Å². The minimum Gasteiger partial charge on any atom is -0.314 e. The molecule has 1 heterocycles. The van der Waals surface area contributed by atoms with Crippen LogP contribution in [-0.2, 0) is 0 Å². The van der Waals surface area contributed by atoms with Crippen molar-refractivity contribution in [1.82, 2.24) is 15.1 Å². The van der Waals surface area contributed by atoms with Crippen molar-refractivity contribution in [2.45, 2.75) is 51.6 Å². The molecular weight excluding hydrogens is 210 g/mol. The number of hydrogen-bond acceptors (Lipinski definition) is 3. The molecule has 0 saturated carbocycles. The van der Waals surface area contributed by atoms with Gasteiger partial charge in [0.15, 0.2) is 0 Å². The van der Waals surface area contributed by atoms with E-state index in [0.717, 1.165) is 6.04 Å². The summed E-state index contributed by atoms with van der Waals surface area (Å²) in [5.74, 6) is 0. The van der Waals surface area contributed by atoms with E-state index in [9.17, 15) is 0 Å². The zero-order valence-corrected chi connectivity index (χ0v) is 12.2. The van der Waals surface area contributed by atoms with Crippen LogP contribution in [0.2, 0.25) is 0 Å². The van der Waals surface area contributed by atoms with Gasteiger partial charge in [-0.05, 0) is 79.8 Å². The van der Waals surface area contributed by atoms with Crippen molar-refractivity contribution in [3.8, 4) is 0 Å². The number of likely N-dealkylation sites (tertiary alicyclic amines) is 1. The maximum atomic E-state index is 3.72. The molecule has 0 radical (unpaired) electrons. The summed E-state index contributed by atoms with van der Waals surface area (Å²) in [6, 6.07) is 1.46. The minimum atomic E-state index is 0.711. The molecule has 102 valence electrons. The van der Waals surface area contributed by atoms with Gasteiger partial charge in [0.25, 0.3) is 0 Å². The highest BCUT2D eigenvalue weighted by atomic mass is 15.1. The molecule has 0 aromatic heterocycles. The number of nitrogens with one attached hydrogen (secondary N) is 1. The molecule has 1 unspecified atom stereocenters. The second kappa shape index (κ2) is 8.06. The summed E-state index contributed by atoms with van der Waals surface area (Å²) in [6.07, 6.45) is 5.28. The highest BCUT2D eigenvalue weighted by Gasteiger charge is 2.17. The third kappa shape index (κ3) is 6.39. The summed E-state index contributed by atoms with van der Waals surface area (Å²) in [5, 5.41) is 3.72. The predicted octanol–water partition coefficient (Wildman–Crippen LogP) is 1.79. The second-order valence-electron chi connectivity index (χ2n) is 5.87. The zero-order valence-electron chi connectivity index (χ0n) is 12.2. The Balaban J connectivity index is 2.14. The number of hydrogen-bond donors (Lipinski definition) is 1. The van der Waals surface area contributed by atoms with Crippen molar-refractivity contribution < 1.29 is 0 Å². The molecule has 0 amide bonds. The summed E-state index contributed by atoms with van der Waals surface area (Å²) in [7, 11) is 4.29. The largest absolute Gasteiger partial charge is 0.314 e. The number of rotatable bonds is 6. The van der Waals surface area contributed by atoms with E-state index in [1.54, 1.807) is 0 Å². The molecule has 17 heavy (non-hydrogen) atoms. The van der Waals surface area contributed by atoms with Crippen LogP contribution in [0.15, 0.2) is 0 Å². The van der Waals surface area contributed by atoms with Crippen molar-refractivity contribution in [2.24, 2.45) is 0 Å². The minimum absolute atomic E-state index is 0.711. The van der Waals surface area contributed by atoms with E-state index in [1.165, 1.54) is 51.9 Å². The number of nitrogens with zero attached hydrogens (tertiary/aromatic N) is 2. The van der Waals surface area contributed by atoms with Gasteiger partial charge in [-0.2, -0.15) is 0 Å². The van der Waals surface area contributed by atoms with Gasteiger partial charge in [-0.15, -0.1) is 0 Å². The van der Waals surface area contributed by atoms with E-state index in [-0.39, 0.29) is 0 Å². The van der Waals surface area contributed by atoms with E-state index in [1.807, 2.05) is 0 Å². The van der Waals surface area contributed by atoms with Gasteiger partial charge in [0.1, 0.15) is 0 Å². The maximum Gasteiger partial charge on any atom is 0.00797 e. The third-order valence-electron chi connectivity index (χ3n) is 3.71. The first-order valence-corrected chi connectivity index (χ1v) is 7.21. The van der Waals surface area contributed by atoms with E-state index in [4.69, 9.17) is 0 Å². The highest BCUT2D eigenvalue weighted by Crippen LogP contribution is 2.13. The molecule has 1 saturated heterocycles. The molecule has 1 atom stereocenters. The van der Waals surface area contributed by atoms with Gasteiger partial charge in [0.2, 0.25) is 0 Å². The Morgan fingerprint density at radius 2 is 2.00 bits per heavy atom. The molecule has 1 aliphatic heterocycles. The van der Waals surface area contributed by atoms with Crippen LogP contribution < -0.4 is 5.32 Å². The van der Waals surface area contributed by atoms with Crippen LogP contribution in [0.3, 0.4) is 0 Å². The zero-order chi connectivity index (χ0) is 12.7. The Bertz CT molecular complexity index is 192. The first kappa shape index (κ1) is 14.9. The van der Waals surface area contributed by atoms with Crippen LogP contribution in [-0.4, -0.2) is 62.2 Å². The molecule has 0 bridgehead atoms. The maximum absolute atomic E-state index is 3.72. The average Bonchev–Trinajstić information content (AvgIpc) is 2.49. The Morgan fingerprint density at radius 1 is 1.24 bits per heavy atom. The standard InChI is InChI=1S/C14H31N3/c1-13(2)17-11-5-7-14(8-12-17)15-9-6-10-16(3)4/h13-15H,5-12H2,1-4H3. The Hall–Kier alpha value is -0.120. The lowest BCUT2D eigenvalue weighted by Crippen LogP contribution is -2.34. The van der Waals surface area contributed by atoms with Crippen LogP contribution in [0.1, 0.15) is 39.5 Å². The average molecular weight is 241 g/mol. The fourth-order valence-electron chi connectivity index (χ4n) is 2.54. The van der Waals surface area contributed by atoms with Gasteiger partial charge < -0.3 is 15.1 Å². The van der Waals surface area contributed by atoms with E-state index < -0.39 is 0 Å². The van der Waals surface area contributed by atoms with Crippen LogP contribution in [0.25, 0.3) is 0 Å². The smallest absolute Gasteiger partial charge is 0.00797 e. The molecule has 3 nitrogen and oxygen atoms in total. The Kier molecular flexibility index (Phi) is 7.09. The predicted molar refractivity (Wildman–Crippen MR) is 75.5 cm³/mol. The molecule has 1 aliphatic rings. The lowest BCUT2D eigenvalue weighted by atomic mass is 10.1. The van der Waals surface area contributed by atoms with Crippen molar-refractivity contribution in [1.29, 1.82) is 0 Å². The second-order valence-corrected chi connectivity index (χ2v) is 5.87. The van der Waals surface area contributed by atoms with Gasteiger partial charge in [0, 0.05) is 12.1 Å². The van der Waals surface area contributed by atoms with E-state index in [2.05, 4.69) is 43.1 Å². The molecule has 3 heteroatoms. The normalized spacial score (nSPS) is 23.3. The van der Waals surface area contributed by atoms with Crippen molar-refractivity contribution in [2.75, 3.05) is 40.3 Å². The quantitative estimate of drug-likeness (QED) is 0.715. The van der Waals surface area contributed by atoms with Gasteiger partial charge >= 0.3 is 0 Å². The SMILES string of the molecule is CC(C)N1CCCC(NCCCN(C)C)CC1. The van der Waals surface area contributed by atoms with E-state index >= 15 is 0 Å². The lowest BCUT2D eigenvalue weighted by molar-refractivity contribution is 0.229. The van der Waals surface area contributed by atoms with Crippen molar-refractivity contribution >= 4 is 0 Å². The van der Waals surface area contributed by atoms with Gasteiger partial charge in [-0.3, -0.25) is 0 Å². The summed E-state index contributed by atoms with van der Waals surface area (Å²) in [5.41, 5.74) is 0. The molecule has 0 aliphatic carbocycles. The topological polar surface area (TPSA) is 18.5 Å². The molecular formula is C14H31N3. The summed E-state index contributed by atoms with van der Waals surface area (Å²) in [6.45, 7) is 9.54. The summed E-state index contributed by atoms with van der Waals surface area (Å²) < 4.78 is 0. The molecule has 0 spiro atoms. The summed E-state index contributed by atoms with van der Waals surface area (Å²) >= 11 is 0. The molecule has 0 aromatic rings. The monoisotopic (exact) mass is 241 g/mol. The van der Waals surface area contributed by atoms with Crippen LogP contribution in [0, 0.1) is 0 Å². The van der Waals surface area contributed by atoms with Gasteiger partial charge in [-0.25, -0.2) is 0 Å². The molecule has 0 aromatic carbocycles. The lowest BCUT2D eigenvalue weighted by Gasteiger charge is -2.24.